The summed E-state index contributed by atoms with van der Waals surface area (Å²) in [6.07, 6.45) is 0. The van der Waals surface area contributed by atoms with E-state index in [0.29, 0.717) is 22.8 Å². The number of nitrogens with zero attached hydrogens (tertiary/aromatic N) is 2. The molecule has 0 unspecified atom stereocenters. The van der Waals surface area contributed by atoms with Crippen LogP contribution in [0.15, 0.2) is 72.8 Å². The maximum atomic E-state index is 12.2. The van der Waals surface area contributed by atoms with Crippen LogP contribution in [-0.4, -0.2) is 42.5 Å². The Bertz CT molecular complexity index is 1380. The topological polar surface area (TPSA) is 91.7 Å². The van der Waals surface area contributed by atoms with E-state index in [4.69, 9.17) is 19.3 Å². The molecule has 8 nitrogen and oxygen atoms in total. The predicted octanol–water partition coefficient (Wildman–Crippen LogP) is 5.03. The van der Waals surface area contributed by atoms with Crippen molar-refractivity contribution < 1.29 is 23.8 Å². The SMILES string of the molecule is COCC(=O)Nc1ccc(-c2c(-c3ccc(OC)cc3)nn(-c3cccc(C)c3)c2OC(C)=O)cc1. The first kappa shape index (κ1) is 24.7. The van der Waals surface area contributed by atoms with E-state index in [2.05, 4.69) is 5.32 Å². The number of aromatic nitrogens is 2. The molecule has 0 fully saturated rings. The van der Waals surface area contributed by atoms with E-state index in [1.54, 1.807) is 23.9 Å². The number of rotatable bonds is 8. The molecule has 0 atom stereocenters. The van der Waals surface area contributed by atoms with Crippen LogP contribution in [0, 0.1) is 6.92 Å². The van der Waals surface area contributed by atoms with Crippen LogP contribution in [-0.2, 0) is 14.3 Å². The normalized spacial score (nSPS) is 10.7. The van der Waals surface area contributed by atoms with E-state index in [0.717, 1.165) is 28.1 Å². The van der Waals surface area contributed by atoms with Gasteiger partial charge in [0, 0.05) is 25.3 Å². The third-order valence-corrected chi connectivity index (χ3v) is 5.43. The van der Waals surface area contributed by atoms with Crippen LogP contribution in [0.4, 0.5) is 5.69 Å². The Hall–Kier alpha value is -4.43. The molecular formula is C28H27N3O5. The summed E-state index contributed by atoms with van der Waals surface area (Å²) in [6.45, 7) is 3.31. The maximum Gasteiger partial charge on any atom is 0.309 e. The Balaban J connectivity index is 1.90. The smallest absolute Gasteiger partial charge is 0.309 e. The largest absolute Gasteiger partial charge is 0.497 e. The van der Waals surface area contributed by atoms with Crippen LogP contribution in [0.25, 0.3) is 28.1 Å². The molecule has 4 aromatic rings. The van der Waals surface area contributed by atoms with Crippen molar-refractivity contribution in [2.45, 2.75) is 13.8 Å². The maximum absolute atomic E-state index is 12.2. The van der Waals surface area contributed by atoms with Gasteiger partial charge < -0.3 is 19.5 Å². The molecule has 0 aliphatic rings. The molecule has 4 rings (SSSR count). The summed E-state index contributed by atoms with van der Waals surface area (Å²) in [5.74, 6) is 0.302. The van der Waals surface area contributed by atoms with Gasteiger partial charge in [0.1, 0.15) is 18.1 Å². The highest BCUT2D eigenvalue weighted by atomic mass is 16.5. The highest BCUT2D eigenvalue weighted by Crippen LogP contribution is 2.41. The second-order valence-electron chi connectivity index (χ2n) is 8.16. The van der Waals surface area contributed by atoms with Crippen LogP contribution in [0.2, 0.25) is 0 Å². The summed E-state index contributed by atoms with van der Waals surface area (Å²) in [5, 5.41) is 7.66. The summed E-state index contributed by atoms with van der Waals surface area (Å²) < 4.78 is 17.6. The molecule has 1 N–H and O–H groups in total. The van der Waals surface area contributed by atoms with Crippen LogP contribution in [0.5, 0.6) is 11.6 Å². The third-order valence-electron chi connectivity index (χ3n) is 5.43. The fourth-order valence-corrected chi connectivity index (χ4v) is 3.83. The number of esters is 1. The first-order chi connectivity index (χ1) is 17.4. The summed E-state index contributed by atoms with van der Waals surface area (Å²) in [7, 11) is 3.07. The van der Waals surface area contributed by atoms with Gasteiger partial charge in [-0.05, 0) is 66.6 Å². The van der Waals surface area contributed by atoms with Gasteiger partial charge in [0.25, 0.3) is 0 Å². The van der Waals surface area contributed by atoms with E-state index < -0.39 is 5.97 Å². The highest BCUT2D eigenvalue weighted by Gasteiger charge is 2.24. The summed E-state index contributed by atoms with van der Waals surface area (Å²) in [5.41, 5.74) is 5.28. The summed E-state index contributed by atoms with van der Waals surface area (Å²) in [6, 6.07) is 22.6. The molecule has 8 heteroatoms. The van der Waals surface area contributed by atoms with Crippen molar-refractivity contribution in [1.82, 2.24) is 9.78 Å². The van der Waals surface area contributed by atoms with Gasteiger partial charge in [-0.3, -0.25) is 9.59 Å². The molecule has 0 spiro atoms. The minimum atomic E-state index is -0.463. The Kier molecular flexibility index (Phi) is 7.46. The average Bonchev–Trinajstić information content (AvgIpc) is 3.23. The predicted molar refractivity (Wildman–Crippen MR) is 138 cm³/mol. The lowest BCUT2D eigenvalue weighted by molar-refractivity contribution is -0.132. The Labute approximate surface area is 209 Å². The average molecular weight is 486 g/mol. The monoisotopic (exact) mass is 485 g/mol. The number of aryl methyl sites for hydroxylation is 1. The van der Waals surface area contributed by atoms with Crippen molar-refractivity contribution in [2.75, 3.05) is 26.1 Å². The Morgan fingerprint density at radius 1 is 0.944 bits per heavy atom. The van der Waals surface area contributed by atoms with Gasteiger partial charge in [0.05, 0.1) is 18.4 Å². The molecule has 0 saturated heterocycles. The molecule has 1 heterocycles. The van der Waals surface area contributed by atoms with Gasteiger partial charge in [0.15, 0.2) is 0 Å². The van der Waals surface area contributed by atoms with Gasteiger partial charge >= 0.3 is 5.97 Å². The number of ether oxygens (including phenoxy) is 3. The van der Waals surface area contributed by atoms with Crippen LogP contribution >= 0.6 is 0 Å². The third kappa shape index (κ3) is 5.45. The molecule has 184 valence electrons. The molecule has 1 aromatic heterocycles. The number of carbonyl (C=O) groups excluding carboxylic acids is 2. The lowest BCUT2D eigenvalue weighted by Crippen LogP contribution is -2.16. The molecule has 0 aliphatic heterocycles. The van der Waals surface area contributed by atoms with Crippen molar-refractivity contribution in [3.63, 3.8) is 0 Å². The zero-order valence-corrected chi connectivity index (χ0v) is 20.6. The van der Waals surface area contributed by atoms with E-state index in [1.807, 2.05) is 67.6 Å². The number of hydrogen-bond donors (Lipinski definition) is 1. The number of nitrogens with one attached hydrogen (secondary N) is 1. The van der Waals surface area contributed by atoms with Gasteiger partial charge in [0.2, 0.25) is 11.8 Å². The second-order valence-corrected chi connectivity index (χ2v) is 8.16. The molecule has 1 amide bonds. The quantitative estimate of drug-likeness (QED) is 0.352. The van der Waals surface area contributed by atoms with Gasteiger partial charge in [-0.2, -0.15) is 9.78 Å². The summed E-state index contributed by atoms with van der Waals surface area (Å²) >= 11 is 0. The molecule has 0 aliphatic carbocycles. The van der Waals surface area contributed by atoms with Crippen LogP contribution in [0.1, 0.15) is 12.5 Å². The number of amides is 1. The molecular weight excluding hydrogens is 458 g/mol. The van der Waals surface area contributed by atoms with Crippen molar-refractivity contribution in [1.29, 1.82) is 0 Å². The van der Waals surface area contributed by atoms with E-state index >= 15 is 0 Å². The van der Waals surface area contributed by atoms with Gasteiger partial charge in [-0.1, -0.05) is 24.3 Å². The lowest BCUT2D eigenvalue weighted by atomic mass is 10.0. The van der Waals surface area contributed by atoms with Gasteiger partial charge in [-0.15, -0.1) is 0 Å². The number of methoxy groups -OCH3 is 2. The molecule has 0 saturated carbocycles. The fourth-order valence-electron chi connectivity index (χ4n) is 3.83. The Morgan fingerprint density at radius 3 is 2.25 bits per heavy atom. The van der Waals surface area contributed by atoms with Crippen LogP contribution in [0.3, 0.4) is 0 Å². The number of benzene rings is 3. The van der Waals surface area contributed by atoms with E-state index in [1.165, 1.54) is 14.0 Å². The second kappa shape index (κ2) is 10.9. The zero-order valence-electron chi connectivity index (χ0n) is 20.6. The molecule has 36 heavy (non-hydrogen) atoms. The van der Waals surface area contributed by atoms with Crippen molar-refractivity contribution >= 4 is 17.6 Å². The minimum Gasteiger partial charge on any atom is -0.497 e. The minimum absolute atomic E-state index is 0.0385. The van der Waals surface area contributed by atoms with E-state index in [-0.39, 0.29) is 12.5 Å². The lowest BCUT2D eigenvalue weighted by Gasteiger charge is -2.11. The molecule has 3 aromatic carbocycles. The van der Waals surface area contributed by atoms with Crippen molar-refractivity contribution in [3.05, 3.63) is 78.4 Å². The zero-order chi connectivity index (χ0) is 25.7. The van der Waals surface area contributed by atoms with E-state index in [9.17, 15) is 9.59 Å². The summed E-state index contributed by atoms with van der Waals surface area (Å²) in [4.78, 5) is 24.1. The van der Waals surface area contributed by atoms with Gasteiger partial charge in [-0.25, -0.2) is 0 Å². The molecule has 0 radical (unpaired) electrons. The highest BCUT2D eigenvalue weighted by molar-refractivity contribution is 5.93. The van der Waals surface area contributed by atoms with Crippen molar-refractivity contribution in [2.24, 2.45) is 0 Å². The molecule has 0 bridgehead atoms. The standard InChI is InChI=1S/C28H27N3O5/c1-18-6-5-7-23(16-18)31-28(36-19(2)32)26(27(30-31)21-10-14-24(35-4)15-11-21)20-8-12-22(13-9-20)29-25(33)17-34-3/h5-16H,17H2,1-4H3,(H,29,33). The Morgan fingerprint density at radius 2 is 1.64 bits per heavy atom. The fraction of sp³-hybridized carbons (Fsp3) is 0.179. The van der Waals surface area contributed by atoms with Crippen LogP contribution < -0.4 is 14.8 Å². The number of carbonyl (C=O) groups is 2. The van der Waals surface area contributed by atoms with Crippen molar-refractivity contribution in [3.8, 4) is 39.7 Å². The number of hydrogen-bond acceptors (Lipinski definition) is 6. The first-order valence-corrected chi connectivity index (χ1v) is 11.3. The first-order valence-electron chi connectivity index (χ1n) is 11.3. The number of anilines is 1.